The summed E-state index contributed by atoms with van der Waals surface area (Å²) in [5, 5.41) is 4.74. The van der Waals surface area contributed by atoms with Gasteiger partial charge in [-0.3, -0.25) is 4.79 Å². The van der Waals surface area contributed by atoms with Gasteiger partial charge >= 0.3 is 0 Å². The van der Waals surface area contributed by atoms with E-state index in [1.54, 1.807) is 24.4 Å². The van der Waals surface area contributed by atoms with Crippen molar-refractivity contribution >= 4 is 17.9 Å². The van der Waals surface area contributed by atoms with Gasteiger partial charge in [0.05, 0.1) is 10.7 Å². The topological polar surface area (TPSA) is 47.8 Å². The molecular weight excluding hydrogens is 250 g/mol. The first kappa shape index (κ1) is 14.4. The van der Waals surface area contributed by atoms with Crippen molar-refractivity contribution in [1.82, 2.24) is 14.8 Å². The number of halogens is 1. The minimum Gasteiger partial charge on any atom is -0.296 e. The van der Waals surface area contributed by atoms with Crippen LogP contribution < -0.4 is 0 Å². The molecule has 0 aliphatic rings. The zero-order valence-corrected chi connectivity index (χ0v) is 11.5. The van der Waals surface area contributed by atoms with E-state index in [0.717, 1.165) is 18.4 Å². The average Bonchev–Trinajstić information content (AvgIpc) is 2.85. The van der Waals surface area contributed by atoms with E-state index in [0.29, 0.717) is 16.5 Å². The van der Waals surface area contributed by atoms with Crippen LogP contribution in [0.2, 0.25) is 5.02 Å². The third-order valence-corrected chi connectivity index (χ3v) is 2.51. The zero-order valence-electron chi connectivity index (χ0n) is 10.7. The van der Waals surface area contributed by atoms with Gasteiger partial charge in [0.15, 0.2) is 12.1 Å². The minimum atomic E-state index is 0.456. The van der Waals surface area contributed by atoms with E-state index in [4.69, 9.17) is 11.6 Å². The van der Waals surface area contributed by atoms with Crippen molar-refractivity contribution in [2.75, 3.05) is 0 Å². The Balaban J connectivity index is 0.000000771. The van der Waals surface area contributed by atoms with Gasteiger partial charge in [-0.2, -0.15) is 5.10 Å². The largest absolute Gasteiger partial charge is 0.296 e. The van der Waals surface area contributed by atoms with E-state index >= 15 is 0 Å². The summed E-state index contributed by atoms with van der Waals surface area (Å²) < 4.78 is 1.47. The first-order valence-electron chi connectivity index (χ1n) is 5.91. The zero-order chi connectivity index (χ0) is 13.5. The lowest BCUT2D eigenvalue weighted by atomic mass is 10.3. The highest BCUT2D eigenvalue weighted by atomic mass is 35.5. The third-order valence-electron chi connectivity index (χ3n) is 2.21. The summed E-state index contributed by atoms with van der Waals surface area (Å²) in [5.74, 6) is 0.478. The van der Waals surface area contributed by atoms with Gasteiger partial charge < -0.3 is 0 Å². The second-order valence-electron chi connectivity index (χ2n) is 3.25. The maximum Gasteiger partial charge on any atom is 0.172 e. The lowest BCUT2D eigenvalue weighted by Gasteiger charge is -2.03. The van der Waals surface area contributed by atoms with Crippen LogP contribution >= 0.6 is 11.6 Å². The fraction of sp³-hybridized carbons (Fsp3) is 0.308. The predicted octanol–water partition coefficient (Wildman–Crippen LogP) is 3.32. The fourth-order valence-corrected chi connectivity index (χ4v) is 1.61. The normalized spacial score (nSPS) is 9.56. The molecule has 0 aromatic carbocycles. The molecule has 2 aromatic rings. The Morgan fingerprint density at radius 1 is 1.44 bits per heavy atom. The molecule has 0 bridgehead atoms. The van der Waals surface area contributed by atoms with Crippen LogP contribution in [0.4, 0.5) is 0 Å². The Kier molecular flexibility index (Phi) is 5.52. The SMILES string of the molecule is CC.CCc1cc(C=O)n(-c2ncccc2Cl)n1. The average molecular weight is 266 g/mol. The lowest BCUT2D eigenvalue weighted by Crippen LogP contribution is -2.04. The number of pyridine rings is 1. The lowest BCUT2D eigenvalue weighted by molar-refractivity contribution is 0.111. The van der Waals surface area contributed by atoms with Gasteiger partial charge in [-0.25, -0.2) is 9.67 Å². The molecule has 0 atom stereocenters. The number of aromatic nitrogens is 3. The molecule has 2 rings (SSSR count). The summed E-state index contributed by atoms with van der Waals surface area (Å²) in [6.45, 7) is 5.97. The van der Waals surface area contributed by atoms with Gasteiger partial charge in [0.2, 0.25) is 0 Å². The highest BCUT2D eigenvalue weighted by Gasteiger charge is 2.11. The molecule has 96 valence electrons. The van der Waals surface area contributed by atoms with Crippen LogP contribution in [0.3, 0.4) is 0 Å². The Morgan fingerprint density at radius 2 is 2.17 bits per heavy atom. The molecule has 0 spiro atoms. The van der Waals surface area contributed by atoms with E-state index in [1.165, 1.54) is 4.68 Å². The van der Waals surface area contributed by atoms with E-state index < -0.39 is 0 Å². The first-order chi connectivity index (χ1) is 8.76. The van der Waals surface area contributed by atoms with Crippen molar-refractivity contribution in [3.05, 3.63) is 40.8 Å². The first-order valence-corrected chi connectivity index (χ1v) is 6.29. The monoisotopic (exact) mass is 265 g/mol. The van der Waals surface area contributed by atoms with Crippen LogP contribution in [0.15, 0.2) is 24.4 Å². The van der Waals surface area contributed by atoms with E-state index in [1.807, 2.05) is 20.8 Å². The van der Waals surface area contributed by atoms with Gasteiger partial charge in [0.1, 0.15) is 5.69 Å². The Hall–Kier alpha value is -1.68. The molecule has 0 aliphatic heterocycles. The summed E-state index contributed by atoms with van der Waals surface area (Å²) in [5.41, 5.74) is 1.29. The van der Waals surface area contributed by atoms with Gasteiger partial charge in [0, 0.05) is 6.20 Å². The maximum absolute atomic E-state index is 10.9. The molecule has 0 saturated heterocycles. The van der Waals surface area contributed by atoms with Gasteiger partial charge in [-0.05, 0) is 24.6 Å². The number of nitrogens with zero attached hydrogens (tertiary/aromatic N) is 3. The predicted molar refractivity (Wildman–Crippen MR) is 72.5 cm³/mol. The number of aryl methyl sites for hydroxylation is 1. The summed E-state index contributed by atoms with van der Waals surface area (Å²) in [4.78, 5) is 15.0. The molecule has 5 heteroatoms. The molecule has 0 saturated carbocycles. The van der Waals surface area contributed by atoms with Crippen LogP contribution in [0.25, 0.3) is 5.82 Å². The fourth-order valence-electron chi connectivity index (χ4n) is 1.41. The quantitative estimate of drug-likeness (QED) is 0.800. The van der Waals surface area contributed by atoms with Crippen molar-refractivity contribution in [2.24, 2.45) is 0 Å². The molecule has 18 heavy (non-hydrogen) atoms. The second kappa shape index (κ2) is 6.91. The molecule has 0 amide bonds. The van der Waals surface area contributed by atoms with E-state index in [-0.39, 0.29) is 0 Å². The Labute approximate surface area is 112 Å². The molecule has 0 aliphatic carbocycles. The molecule has 0 unspecified atom stereocenters. The van der Waals surface area contributed by atoms with Gasteiger partial charge in [-0.15, -0.1) is 0 Å². The summed E-state index contributed by atoms with van der Waals surface area (Å²) in [6, 6.07) is 5.18. The molecule has 2 heterocycles. The van der Waals surface area contributed by atoms with Crippen LogP contribution in [-0.4, -0.2) is 21.1 Å². The standard InChI is InChI=1S/C11H10ClN3O.C2H6/c1-2-8-6-9(7-16)15(14-8)11-10(12)4-3-5-13-11;1-2/h3-7H,2H2,1H3;1-2H3. The summed E-state index contributed by atoms with van der Waals surface area (Å²) in [7, 11) is 0. The highest BCUT2D eigenvalue weighted by Crippen LogP contribution is 2.18. The van der Waals surface area contributed by atoms with Crippen LogP contribution in [-0.2, 0) is 6.42 Å². The Bertz CT molecular complexity index is 523. The smallest absolute Gasteiger partial charge is 0.172 e. The summed E-state index contributed by atoms with van der Waals surface area (Å²) >= 11 is 6.00. The molecule has 0 radical (unpaired) electrons. The van der Waals surface area contributed by atoms with E-state index in [9.17, 15) is 4.79 Å². The molecule has 0 fully saturated rings. The highest BCUT2D eigenvalue weighted by molar-refractivity contribution is 6.32. The van der Waals surface area contributed by atoms with Crippen molar-refractivity contribution < 1.29 is 4.79 Å². The minimum absolute atomic E-state index is 0.456. The maximum atomic E-state index is 10.9. The van der Waals surface area contributed by atoms with Crippen LogP contribution in [0.1, 0.15) is 37.0 Å². The van der Waals surface area contributed by atoms with Crippen LogP contribution in [0, 0.1) is 0 Å². The van der Waals surface area contributed by atoms with E-state index in [2.05, 4.69) is 10.1 Å². The van der Waals surface area contributed by atoms with Crippen molar-refractivity contribution in [1.29, 1.82) is 0 Å². The Morgan fingerprint density at radius 3 is 2.72 bits per heavy atom. The second-order valence-corrected chi connectivity index (χ2v) is 3.66. The van der Waals surface area contributed by atoms with Crippen LogP contribution in [0.5, 0.6) is 0 Å². The summed E-state index contributed by atoms with van der Waals surface area (Å²) in [6.07, 6.45) is 3.12. The van der Waals surface area contributed by atoms with Gasteiger partial charge in [0.25, 0.3) is 0 Å². The van der Waals surface area contributed by atoms with Gasteiger partial charge in [-0.1, -0.05) is 32.4 Å². The number of hydrogen-bond donors (Lipinski definition) is 0. The third kappa shape index (κ3) is 2.96. The molecular formula is C13H16ClN3O. The number of rotatable bonds is 3. The number of aldehydes is 1. The van der Waals surface area contributed by atoms with Crippen molar-refractivity contribution in [2.45, 2.75) is 27.2 Å². The van der Waals surface area contributed by atoms with Crippen molar-refractivity contribution in [3.8, 4) is 5.82 Å². The molecule has 4 nitrogen and oxygen atoms in total. The molecule has 2 aromatic heterocycles. The number of hydrogen-bond acceptors (Lipinski definition) is 3. The number of carbonyl (C=O) groups is 1. The molecule has 0 N–H and O–H groups in total. The van der Waals surface area contributed by atoms with Crippen molar-refractivity contribution in [3.63, 3.8) is 0 Å². The number of carbonyl (C=O) groups excluding carboxylic acids is 1.